The van der Waals surface area contributed by atoms with Crippen molar-refractivity contribution >= 4 is 5.97 Å². The maximum atomic E-state index is 11.8. The van der Waals surface area contributed by atoms with Crippen LogP contribution in [0.3, 0.4) is 0 Å². The van der Waals surface area contributed by atoms with Crippen molar-refractivity contribution in [1.82, 2.24) is 9.88 Å². The molecule has 2 heterocycles. The van der Waals surface area contributed by atoms with Gasteiger partial charge in [0.1, 0.15) is 5.54 Å². The summed E-state index contributed by atoms with van der Waals surface area (Å²) >= 11 is 0. The second-order valence-electron chi connectivity index (χ2n) is 5.53. The second-order valence-corrected chi connectivity index (χ2v) is 5.53. The Morgan fingerprint density at radius 3 is 2.62 bits per heavy atom. The number of hydrogen-bond donors (Lipinski definition) is 0. The maximum absolute atomic E-state index is 11.8. The van der Waals surface area contributed by atoms with Crippen molar-refractivity contribution in [3.8, 4) is 6.07 Å². The summed E-state index contributed by atoms with van der Waals surface area (Å²) < 4.78 is 4.82. The molecule has 0 aliphatic carbocycles. The summed E-state index contributed by atoms with van der Waals surface area (Å²) in [5.74, 6) is -0.605. The predicted octanol–water partition coefficient (Wildman–Crippen LogP) is 2.10. The standard InChI is InChI=1S/C16H21N3O2/c1-13(15(20)21-2)11-16(12-17,19-9-3-4-10-19)14-5-7-18-8-6-14/h5-8,13H,3-4,9-11H2,1-2H3. The van der Waals surface area contributed by atoms with Gasteiger partial charge in [0.25, 0.3) is 0 Å². The maximum Gasteiger partial charge on any atom is 0.308 e. The number of ether oxygens (including phenoxy) is 1. The summed E-state index contributed by atoms with van der Waals surface area (Å²) in [6.45, 7) is 3.57. The lowest BCUT2D eigenvalue weighted by Gasteiger charge is -2.37. The fourth-order valence-electron chi connectivity index (χ4n) is 3.06. The van der Waals surface area contributed by atoms with Gasteiger partial charge >= 0.3 is 5.97 Å². The number of pyridine rings is 1. The molecule has 1 saturated heterocycles. The summed E-state index contributed by atoms with van der Waals surface area (Å²) in [6, 6.07) is 6.21. The van der Waals surface area contributed by atoms with Crippen LogP contribution in [0.25, 0.3) is 0 Å². The molecule has 0 N–H and O–H groups in total. The van der Waals surface area contributed by atoms with E-state index in [1.807, 2.05) is 19.1 Å². The lowest BCUT2D eigenvalue weighted by molar-refractivity contribution is -0.145. The highest BCUT2D eigenvalue weighted by molar-refractivity contribution is 5.72. The van der Waals surface area contributed by atoms with Crippen LogP contribution in [0.4, 0.5) is 0 Å². The molecular formula is C16H21N3O2. The SMILES string of the molecule is COC(=O)C(C)CC(C#N)(c1ccncc1)N1CCCC1. The monoisotopic (exact) mass is 287 g/mol. The van der Waals surface area contributed by atoms with Crippen LogP contribution in [0.5, 0.6) is 0 Å². The van der Waals surface area contributed by atoms with Gasteiger partial charge in [0.05, 0.1) is 19.1 Å². The van der Waals surface area contributed by atoms with Crippen LogP contribution in [0.1, 0.15) is 31.7 Å². The van der Waals surface area contributed by atoms with E-state index >= 15 is 0 Å². The van der Waals surface area contributed by atoms with Crippen molar-refractivity contribution in [3.63, 3.8) is 0 Å². The molecule has 0 amide bonds. The molecule has 0 radical (unpaired) electrons. The molecule has 0 aromatic carbocycles. The van der Waals surface area contributed by atoms with Crippen molar-refractivity contribution in [2.24, 2.45) is 5.92 Å². The van der Waals surface area contributed by atoms with E-state index in [2.05, 4.69) is 16.0 Å². The zero-order valence-electron chi connectivity index (χ0n) is 12.6. The Balaban J connectivity index is 2.38. The fraction of sp³-hybridized carbons (Fsp3) is 0.562. The molecule has 21 heavy (non-hydrogen) atoms. The first-order chi connectivity index (χ1) is 10.1. The highest BCUT2D eigenvalue weighted by Crippen LogP contribution is 2.37. The van der Waals surface area contributed by atoms with Gasteiger partial charge in [-0.3, -0.25) is 14.7 Å². The summed E-state index contributed by atoms with van der Waals surface area (Å²) in [6.07, 6.45) is 5.99. The molecule has 2 unspecified atom stereocenters. The molecule has 5 nitrogen and oxygen atoms in total. The van der Waals surface area contributed by atoms with Gasteiger partial charge in [0.2, 0.25) is 0 Å². The molecular weight excluding hydrogens is 266 g/mol. The average molecular weight is 287 g/mol. The van der Waals surface area contributed by atoms with E-state index in [4.69, 9.17) is 4.74 Å². The van der Waals surface area contributed by atoms with Crippen LogP contribution in [0.2, 0.25) is 0 Å². The predicted molar refractivity (Wildman–Crippen MR) is 78.1 cm³/mol. The van der Waals surface area contributed by atoms with Crippen LogP contribution in [-0.2, 0) is 15.1 Å². The number of carbonyl (C=O) groups excluding carboxylic acids is 1. The van der Waals surface area contributed by atoms with Gasteiger partial charge in [-0.05, 0) is 37.0 Å². The van der Waals surface area contributed by atoms with Gasteiger partial charge in [-0.15, -0.1) is 0 Å². The molecule has 2 rings (SSSR count). The number of esters is 1. The number of carbonyl (C=O) groups is 1. The van der Waals surface area contributed by atoms with E-state index in [-0.39, 0.29) is 11.9 Å². The normalized spacial score (nSPS) is 19.5. The van der Waals surface area contributed by atoms with Gasteiger partial charge in [-0.1, -0.05) is 6.92 Å². The van der Waals surface area contributed by atoms with Crippen molar-refractivity contribution in [3.05, 3.63) is 30.1 Å². The minimum absolute atomic E-state index is 0.275. The minimum atomic E-state index is -0.785. The Labute approximate surface area is 125 Å². The molecule has 2 atom stereocenters. The Kier molecular flexibility index (Phi) is 4.92. The van der Waals surface area contributed by atoms with Crippen molar-refractivity contribution < 1.29 is 9.53 Å². The molecule has 0 saturated carbocycles. The van der Waals surface area contributed by atoms with Crippen molar-refractivity contribution in [2.75, 3.05) is 20.2 Å². The molecule has 0 spiro atoms. The smallest absolute Gasteiger partial charge is 0.308 e. The largest absolute Gasteiger partial charge is 0.469 e. The van der Waals surface area contributed by atoms with Crippen LogP contribution in [-0.4, -0.2) is 36.1 Å². The third kappa shape index (κ3) is 3.06. The van der Waals surface area contributed by atoms with Crippen LogP contribution in [0.15, 0.2) is 24.5 Å². The Hall–Kier alpha value is -1.93. The molecule has 1 fully saturated rings. The quantitative estimate of drug-likeness (QED) is 0.776. The van der Waals surface area contributed by atoms with Crippen LogP contribution in [0, 0.1) is 17.2 Å². The van der Waals surface area contributed by atoms with Crippen LogP contribution < -0.4 is 0 Å². The third-order valence-corrected chi connectivity index (χ3v) is 4.19. The molecule has 5 heteroatoms. The molecule has 0 bridgehead atoms. The summed E-state index contributed by atoms with van der Waals surface area (Å²) in [4.78, 5) is 18.0. The number of likely N-dealkylation sites (tertiary alicyclic amines) is 1. The Morgan fingerprint density at radius 1 is 1.48 bits per heavy atom. The second kappa shape index (κ2) is 6.68. The number of methoxy groups -OCH3 is 1. The molecule has 1 aliphatic heterocycles. The molecule has 1 aromatic rings. The molecule has 1 aliphatic rings. The number of aromatic nitrogens is 1. The third-order valence-electron chi connectivity index (χ3n) is 4.19. The zero-order valence-corrected chi connectivity index (χ0v) is 12.6. The fourth-order valence-corrected chi connectivity index (χ4v) is 3.06. The van der Waals surface area contributed by atoms with E-state index in [0.29, 0.717) is 6.42 Å². The summed E-state index contributed by atoms with van der Waals surface area (Å²) in [7, 11) is 1.38. The first-order valence-electron chi connectivity index (χ1n) is 7.28. The summed E-state index contributed by atoms with van der Waals surface area (Å²) in [5.41, 5.74) is 0.116. The number of hydrogen-bond acceptors (Lipinski definition) is 5. The minimum Gasteiger partial charge on any atom is -0.469 e. The number of nitriles is 1. The highest BCUT2D eigenvalue weighted by Gasteiger charge is 2.42. The summed E-state index contributed by atoms with van der Waals surface area (Å²) in [5, 5.41) is 9.93. The Morgan fingerprint density at radius 2 is 2.10 bits per heavy atom. The van der Waals surface area contributed by atoms with Gasteiger partial charge in [-0.25, -0.2) is 0 Å². The highest BCUT2D eigenvalue weighted by atomic mass is 16.5. The van der Waals surface area contributed by atoms with E-state index in [1.165, 1.54) is 7.11 Å². The molecule has 112 valence electrons. The van der Waals surface area contributed by atoms with E-state index in [0.717, 1.165) is 31.5 Å². The van der Waals surface area contributed by atoms with E-state index in [9.17, 15) is 10.1 Å². The zero-order chi connectivity index (χ0) is 15.3. The Bertz CT molecular complexity index is 520. The van der Waals surface area contributed by atoms with E-state index in [1.54, 1.807) is 12.4 Å². The van der Waals surface area contributed by atoms with Gasteiger partial charge < -0.3 is 4.74 Å². The topological polar surface area (TPSA) is 66.2 Å². The van der Waals surface area contributed by atoms with Gasteiger partial charge in [-0.2, -0.15) is 5.26 Å². The van der Waals surface area contributed by atoms with Gasteiger partial charge in [0, 0.05) is 25.5 Å². The lowest BCUT2D eigenvalue weighted by atomic mass is 9.82. The first kappa shape index (κ1) is 15.5. The molecule has 1 aromatic heterocycles. The van der Waals surface area contributed by atoms with Crippen molar-refractivity contribution in [1.29, 1.82) is 5.26 Å². The number of nitrogens with zero attached hydrogens (tertiary/aromatic N) is 3. The van der Waals surface area contributed by atoms with Gasteiger partial charge in [0.15, 0.2) is 0 Å². The first-order valence-corrected chi connectivity index (χ1v) is 7.28. The van der Waals surface area contributed by atoms with E-state index < -0.39 is 5.54 Å². The lowest BCUT2D eigenvalue weighted by Crippen LogP contribution is -2.45. The van der Waals surface area contributed by atoms with Crippen LogP contribution >= 0.6 is 0 Å². The number of rotatable bonds is 5. The average Bonchev–Trinajstić information content (AvgIpc) is 3.07. The van der Waals surface area contributed by atoms with Crippen molar-refractivity contribution in [2.45, 2.75) is 31.7 Å².